The van der Waals surface area contributed by atoms with E-state index in [1.807, 2.05) is 72.8 Å². The Morgan fingerprint density at radius 3 is 2.31 bits per heavy atom. The van der Waals surface area contributed by atoms with Crippen LogP contribution < -0.4 is 29.6 Å². The van der Waals surface area contributed by atoms with Gasteiger partial charge in [-0.3, -0.25) is 9.59 Å². The van der Waals surface area contributed by atoms with Crippen LogP contribution in [0.5, 0.6) is 23.0 Å². The van der Waals surface area contributed by atoms with Crippen LogP contribution in [0.25, 0.3) is 0 Å². The van der Waals surface area contributed by atoms with Gasteiger partial charge in [-0.05, 0) is 48.2 Å². The van der Waals surface area contributed by atoms with Gasteiger partial charge in [0, 0.05) is 18.1 Å². The van der Waals surface area contributed by atoms with E-state index in [-0.39, 0.29) is 37.1 Å². The fourth-order valence-electron chi connectivity index (χ4n) is 5.00. The Kier molecular flexibility index (Phi) is 8.01. The predicted molar refractivity (Wildman–Crippen MR) is 146 cm³/mol. The summed E-state index contributed by atoms with van der Waals surface area (Å²) < 4.78 is 22.0. The molecule has 2 heterocycles. The average Bonchev–Trinajstić information content (AvgIpc) is 3.44. The molecular weight excluding hydrogens is 496 g/mol. The fraction of sp³-hybridized carbons (Fsp3) is 0.290. The van der Waals surface area contributed by atoms with E-state index in [0.29, 0.717) is 35.8 Å². The molecule has 8 nitrogen and oxygen atoms in total. The van der Waals surface area contributed by atoms with Crippen LogP contribution in [0.3, 0.4) is 0 Å². The quantitative estimate of drug-likeness (QED) is 0.454. The molecule has 0 unspecified atom stereocenters. The Hall–Kier alpha value is -4.46. The standard InChI is InChI=1S/C31H32N2O6/c1-36-22-13-14-23(28(17-22)37-2)26-11-7-6-10-25(21-12-15-27-29(16-21)39-19-38-27)33-31(35)24(18-30(34)32-26)20-8-4-3-5-9-20/h3-9,12-17,24-26H,10-11,18-19H2,1-2H3,(H,32,34)(H,33,35)/b7-6-/t24-,25+,26-/m1/s1. The van der Waals surface area contributed by atoms with Crippen molar-refractivity contribution in [2.45, 2.75) is 37.3 Å². The van der Waals surface area contributed by atoms with Crippen LogP contribution in [0.2, 0.25) is 0 Å². The molecule has 0 radical (unpaired) electrons. The van der Waals surface area contributed by atoms with Gasteiger partial charge in [0.25, 0.3) is 0 Å². The number of carbonyl (C=O) groups excluding carboxylic acids is 2. The number of benzene rings is 3. The van der Waals surface area contributed by atoms with Gasteiger partial charge < -0.3 is 29.6 Å². The Bertz CT molecular complexity index is 1360. The summed E-state index contributed by atoms with van der Waals surface area (Å²) in [5.74, 6) is 1.52. The highest BCUT2D eigenvalue weighted by molar-refractivity contribution is 5.90. The number of hydrogen-bond donors (Lipinski definition) is 2. The number of fused-ring (bicyclic) bond motifs is 1. The van der Waals surface area contributed by atoms with Gasteiger partial charge in [-0.25, -0.2) is 0 Å². The molecule has 0 saturated heterocycles. The third kappa shape index (κ3) is 6.00. The Morgan fingerprint density at radius 2 is 1.54 bits per heavy atom. The van der Waals surface area contributed by atoms with E-state index < -0.39 is 5.92 Å². The van der Waals surface area contributed by atoms with Crippen LogP contribution in [0.1, 0.15) is 54.0 Å². The molecule has 0 aliphatic carbocycles. The minimum absolute atomic E-state index is 0.00237. The zero-order chi connectivity index (χ0) is 27.2. The number of carbonyl (C=O) groups is 2. The first-order chi connectivity index (χ1) is 19.1. The highest BCUT2D eigenvalue weighted by Gasteiger charge is 2.29. The smallest absolute Gasteiger partial charge is 0.231 e. The number of hydrogen-bond acceptors (Lipinski definition) is 6. The van der Waals surface area contributed by atoms with Gasteiger partial charge in [0.05, 0.1) is 32.2 Å². The highest BCUT2D eigenvalue weighted by Crippen LogP contribution is 2.36. The number of rotatable bonds is 5. The molecule has 3 aromatic rings. The van der Waals surface area contributed by atoms with Crippen molar-refractivity contribution in [3.05, 3.63) is 95.6 Å². The van der Waals surface area contributed by atoms with Crippen molar-refractivity contribution >= 4 is 11.8 Å². The Labute approximate surface area is 227 Å². The molecule has 2 aliphatic rings. The monoisotopic (exact) mass is 528 g/mol. The summed E-state index contributed by atoms with van der Waals surface area (Å²) in [7, 11) is 3.19. The summed E-state index contributed by atoms with van der Waals surface area (Å²) >= 11 is 0. The van der Waals surface area contributed by atoms with Crippen molar-refractivity contribution in [3.8, 4) is 23.0 Å². The minimum atomic E-state index is -0.662. The summed E-state index contributed by atoms with van der Waals surface area (Å²) in [6, 6.07) is 20.0. The first-order valence-corrected chi connectivity index (χ1v) is 13.0. The van der Waals surface area contributed by atoms with Crippen LogP contribution in [0, 0.1) is 0 Å². The van der Waals surface area contributed by atoms with Crippen LogP contribution in [-0.4, -0.2) is 32.8 Å². The lowest BCUT2D eigenvalue weighted by atomic mass is 9.92. The maximum absolute atomic E-state index is 13.7. The van der Waals surface area contributed by atoms with Crippen LogP contribution >= 0.6 is 0 Å². The van der Waals surface area contributed by atoms with Crippen molar-refractivity contribution in [1.29, 1.82) is 0 Å². The Balaban J connectivity index is 1.49. The van der Waals surface area contributed by atoms with Crippen LogP contribution in [-0.2, 0) is 9.59 Å². The van der Waals surface area contributed by atoms with Gasteiger partial charge in [0.2, 0.25) is 18.6 Å². The molecule has 39 heavy (non-hydrogen) atoms. The highest BCUT2D eigenvalue weighted by atomic mass is 16.7. The van der Waals surface area contributed by atoms with Crippen molar-refractivity contribution < 1.29 is 28.5 Å². The molecule has 3 aromatic carbocycles. The second-order valence-corrected chi connectivity index (χ2v) is 9.51. The molecule has 2 aliphatic heterocycles. The summed E-state index contributed by atoms with van der Waals surface area (Å²) in [6.45, 7) is 0.178. The van der Waals surface area contributed by atoms with Gasteiger partial charge in [0.15, 0.2) is 11.5 Å². The van der Waals surface area contributed by atoms with E-state index in [0.717, 1.165) is 16.7 Å². The fourth-order valence-corrected chi connectivity index (χ4v) is 5.00. The molecule has 0 spiro atoms. The molecule has 8 heteroatoms. The SMILES string of the molecule is COc1ccc([C@H]2C/C=C\C[C@@H](c3ccc4c(c3)OCO4)NC(=O)[C@@H](c3ccccc3)CC(=O)N2)c(OC)c1. The van der Waals surface area contributed by atoms with Gasteiger partial charge in [-0.2, -0.15) is 0 Å². The van der Waals surface area contributed by atoms with Crippen molar-refractivity contribution in [3.63, 3.8) is 0 Å². The number of nitrogens with one attached hydrogen (secondary N) is 2. The van der Waals surface area contributed by atoms with Crippen molar-refractivity contribution in [2.24, 2.45) is 0 Å². The zero-order valence-electron chi connectivity index (χ0n) is 22.0. The van der Waals surface area contributed by atoms with E-state index in [1.165, 1.54) is 0 Å². The van der Waals surface area contributed by atoms with E-state index in [4.69, 9.17) is 18.9 Å². The first kappa shape index (κ1) is 26.2. The Morgan fingerprint density at radius 1 is 0.769 bits per heavy atom. The second kappa shape index (κ2) is 11.9. The maximum Gasteiger partial charge on any atom is 0.231 e. The normalized spacial score (nSPS) is 22.1. The third-order valence-corrected chi connectivity index (χ3v) is 7.08. The number of methoxy groups -OCH3 is 2. The molecular formula is C31H32N2O6. The summed E-state index contributed by atoms with van der Waals surface area (Å²) in [6.07, 6.45) is 5.17. The molecule has 0 bridgehead atoms. The molecule has 2 amide bonds. The largest absolute Gasteiger partial charge is 0.497 e. The van der Waals surface area contributed by atoms with Crippen molar-refractivity contribution in [1.82, 2.24) is 10.6 Å². The molecule has 0 aromatic heterocycles. The average molecular weight is 529 g/mol. The molecule has 2 N–H and O–H groups in total. The van der Waals surface area contributed by atoms with Gasteiger partial charge in [-0.15, -0.1) is 0 Å². The molecule has 5 rings (SSSR count). The van der Waals surface area contributed by atoms with E-state index in [1.54, 1.807) is 20.3 Å². The lowest BCUT2D eigenvalue weighted by molar-refractivity contribution is -0.128. The van der Waals surface area contributed by atoms with Crippen LogP contribution in [0.15, 0.2) is 78.9 Å². The predicted octanol–water partition coefficient (Wildman–Crippen LogP) is 4.97. The molecule has 3 atom stereocenters. The van der Waals surface area contributed by atoms with Crippen molar-refractivity contribution in [2.75, 3.05) is 21.0 Å². The van der Waals surface area contributed by atoms with Gasteiger partial charge in [-0.1, -0.05) is 48.6 Å². The summed E-state index contributed by atoms with van der Waals surface area (Å²) in [5, 5.41) is 6.32. The lowest BCUT2D eigenvalue weighted by Crippen LogP contribution is -2.37. The first-order valence-electron chi connectivity index (χ1n) is 13.0. The van der Waals surface area contributed by atoms with E-state index >= 15 is 0 Å². The number of amides is 2. The number of ether oxygens (including phenoxy) is 4. The molecule has 202 valence electrons. The zero-order valence-corrected chi connectivity index (χ0v) is 22.0. The molecule has 0 fully saturated rings. The van der Waals surface area contributed by atoms with Crippen LogP contribution in [0.4, 0.5) is 0 Å². The van der Waals surface area contributed by atoms with Gasteiger partial charge in [0.1, 0.15) is 11.5 Å². The third-order valence-electron chi connectivity index (χ3n) is 7.08. The summed E-state index contributed by atoms with van der Waals surface area (Å²) in [4.78, 5) is 27.1. The van der Waals surface area contributed by atoms with Gasteiger partial charge >= 0.3 is 0 Å². The minimum Gasteiger partial charge on any atom is -0.497 e. The summed E-state index contributed by atoms with van der Waals surface area (Å²) in [5.41, 5.74) is 2.51. The maximum atomic E-state index is 13.7. The van der Waals surface area contributed by atoms with E-state index in [9.17, 15) is 9.59 Å². The second-order valence-electron chi connectivity index (χ2n) is 9.51. The molecule has 0 saturated carbocycles. The topological polar surface area (TPSA) is 95.1 Å². The van der Waals surface area contributed by atoms with E-state index in [2.05, 4.69) is 10.6 Å². The lowest BCUT2D eigenvalue weighted by Gasteiger charge is -2.26.